The molecule has 1 atom stereocenters. The average Bonchev–Trinajstić information content (AvgIpc) is 3.09. The van der Waals surface area contributed by atoms with Gasteiger partial charge < -0.3 is 10.5 Å². The van der Waals surface area contributed by atoms with Crippen LogP contribution in [-0.2, 0) is 13.5 Å². The number of rotatable bonds is 0. The minimum atomic E-state index is -0.772. The molecule has 5 rings (SSSR count). The second-order valence-electron chi connectivity index (χ2n) is 7.40. The van der Waals surface area contributed by atoms with Gasteiger partial charge in [-0.05, 0) is 25.1 Å². The fourth-order valence-corrected chi connectivity index (χ4v) is 3.86. The smallest absolute Gasteiger partial charge is 0.355 e. The maximum Gasteiger partial charge on any atom is 0.355 e. The van der Waals surface area contributed by atoms with E-state index in [0.29, 0.717) is 34.0 Å². The highest BCUT2D eigenvalue weighted by Gasteiger charge is 2.26. The van der Waals surface area contributed by atoms with Gasteiger partial charge in [0.2, 0.25) is 0 Å². The van der Waals surface area contributed by atoms with Crippen molar-refractivity contribution in [1.29, 1.82) is 5.26 Å². The van der Waals surface area contributed by atoms with Crippen molar-refractivity contribution in [2.75, 3.05) is 5.73 Å². The summed E-state index contributed by atoms with van der Waals surface area (Å²) < 4.78 is 22.9. The molecule has 2 bridgehead atoms. The van der Waals surface area contributed by atoms with Gasteiger partial charge in [-0.15, -0.1) is 0 Å². The molecule has 11 nitrogen and oxygen atoms in total. The Morgan fingerprint density at radius 2 is 2.12 bits per heavy atom. The van der Waals surface area contributed by atoms with Gasteiger partial charge in [-0.1, -0.05) is 0 Å². The Balaban J connectivity index is 1.88. The Kier molecular flexibility index (Phi) is 4.59. The first-order chi connectivity index (χ1) is 15.9. The number of anilines is 1. The Morgan fingerprint density at radius 3 is 2.91 bits per heavy atom. The van der Waals surface area contributed by atoms with Gasteiger partial charge in [-0.25, -0.2) is 28.7 Å². The van der Waals surface area contributed by atoms with Crippen molar-refractivity contribution in [2.24, 2.45) is 7.05 Å². The van der Waals surface area contributed by atoms with Crippen molar-refractivity contribution in [2.45, 2.75) is 19.4 Å². The summed E-state index contributed by atoms with van der Waals surface area (Å²) in [4.78, 5) is 29.6. The number of fused-ring (bicyclic) bond motifs is 7. The third-order valence-corrected chi connectivity index (χ3v) is 5.36. The number of halogens is 1. The van der Waals surface area contributed by atoms with Crippen LogP contribution < -0.4 is 16.2 Å². The number of nitriles is 1. The number of nitrogens with two attached hydrogens (primary N) is 1. The maximum absolute atomic E-state index is 14.2. The van der Waals surface area contributed by atoms with E-state index in [1.807, 2.05) is 0 Å². The van der Waals surface area contributed by atoms with Crippen LogP contribution >= 0.6 is 0 Å². The van der Waals surface area contributed by atoms with Crippen LogP contribution in [-0.4, -0.2) is 34.3 Å². The number of hydrogen-bond acceptors (Lipinski definition) is 9. The number of ether oxygens (including phenoxy) is 1. The summed E-state index contributed by atoms with van der Waals surface area (Å²) in [6.07, 6.45) is 1.86. The van der Waals surface area contributed by atoms with E-state index in [1.165, 1.54) is 33.6 Å². The molecule has 0 saturated carbocycles. The molecule has 33 heavy (non-hydrogen) atoms. The summed E-state index contributed by atoms with van der Waals surface area (Å²) in [6, 6.07) is 6.08. The summed E-state index contributed by atoms with van der Waals surface area (Å²) in [5, 5.41) is 14.2. The molecule has 164 valence electrons. The summed E-state index contributed by atoms with van der Waals surface area (Å²) in [7, 11) is 1.62. The molecular formula is C21H16FN9O2. The first-order valence-corrected chi connectivity index (χ1v) is 9.85. The molecular weight excluding hydrogens is 429 g/mol. The van der Waals surface area contributed by atoms with Gasteiger partial charge in [0.15, 0.2) is 5.82 Å². The molecule has 1 aliphatic heterocycles. The molecule has 0 amide bonds. The highest BCUT2D eigenvalue weighted by atomic mass is 19.1. The quantitative estimate of drug-likeness (QED) is 0.424. The number of nitrogens with zero attached hydrogens (tertiary/aromatic N) is 8. The fraction of sp³-hybridized carbons (Fsp3) is 0.190. The highest BCUT2D eigenvalue weighted by molar-refractivity contribution is 5.69. The van der Waals surface area contributed by atoms with Crippen molar-refractivity contribution in [3.05, 3.63) is 69.8 Å². The van der Waals surface area contributed by atoms with E-state index in [-0.39, 0.29) is 23.8 Å². The third-order valence-electron chi connectivity index (χ3n) is 5.36. The first kappa shape index (κ1) is 20.3. The number of nitrogen functional groups attached to an aromatic ring is 1. The minimum Gasteiger partial charge on any atom is -0.467 e. The van der Waals surface area contributed by atoms with Gasteiger partial charge in [-0.3, -0.25) is 4.68 Å². The molecule has 0 saturated heterocycles. The van der Waals surface area contributed by atoms with Gasteiger partial charge in [0.25, 0.3) is 5.88 Å². The van der Waals surface area contributed by atoms with E-state index in [1.54, 1.807) is 14.0 Å². The van der Waals surface area contributed by atoms with Crippen LogP contribution in [0, 0.1) is 17.1 Å². The van der Waals surface area contributed by atoms with Crippen LogP contribution in [0.25, 0.3) is 16.9 Å². The fourth-order valence-electron chi connectivity index (χ4n) is 3.86. The first-order valence-electron chi connectivity index (χ1n) is 9.85. The molecule has 0 fully saturated rings. The monoisotopic (exact) mass is 445 g/mol. The highest BCUT2D eigenvalue weighted by Crippen LogP contribution is 2.33. The largest absolute Gasteiger partial charge is 0.467 e. The second kappa shape index (κ2) is 7.49. The zero-order chi connectivity index (χ0) is 23.3. The van der Waals surface area contributed by atoms with Gasteiger partial charge >= 0.3 is 5.69 Å². The molecule has 0 spiro atoms. The lowest BCUT2D eigenvalue weighted by molar-refractivity contribution is 0.217. The van der Waals surface area contributed by atoms with E-state index in [0.717, 1.165) is 6.33 Å². The number of aryl methyl sites for hydroxylation is 1. The summed E-state index contributed by atoms with van der Waals surface area (Å²) in [5.41, 5.74) is 7.49. The van der Waals surface area contributed by atoms with Crippen molar-refractivity contribution in [1.82, 2.24) is 34.3 Å². The third kappa shape index (κ3) is 3.26. The van der Waals surface area contributed by atoms with E-state index in [9.17, 15) is 14.4 Å². The standard InChI is InChI=1S/C21H16FN9O2/c1-10-12-5-11(22)3-4-15(12)31-17(26-9-27-21(31)32)6-13-18(16(7-23)30(2)29-13)14-8-25-19(24)20(28-14)33-10/h3-5,8-10H,6H2,1-2H3,(H2,24,25). The summed E-state index contributed by atoms with van der Waals surface area (Å²) >= 11 is 0. The molecule has 0 aliphatic carbocycles. The molecule has 12 heteroatoms. The average molecular weight is 445 g/mol. The van der Waals surface area contributed by atoms with Crippen molar-refractivity contribution >= 4 is 5.82 Å². The van der Waals surface area contributed by atoms with Gasteiger partial charge in [0.1, 0.15) is 35.8 Å². The van der Waals surface area contributed by atoms with E-state index < -0.39 is 17.6 Å². The molecule has 1 unspecified atom stereocenters. The topological polar surface area (TPSA) is 150 Å². The molecule has 1 aliphatic rings. The minimum absolute atomic E-state index is 0.00589. The van der Waals surface area contributed by atoms with Gasteiger partial charge in [-0.2, -0.15) is 15.3 Å². The van der Waals surface area contributed by atoms with E-state index in [2.05, 4.69) is 31.1 Å². The Labute approximate surface area is 186 Å². The molecule has 4 heterocycles. The Hall–Kier alpha value is -4.66. The van der Waals surface area contributed by atoms with Crippen molar-refractivity contribution in [3.8, 4) is 28.9 Å². The molecule has 2 N–H and O–H groups in total. The second-order valence-corrected chi connectivity index (χ2v) is 7.40. The van der Waals surface area contributed by atoms with Gasteiger partial charge in [0.05, 0.1) is 35.3 Å². The SMILES string of the molecule is CC1Oc2nc(cnc2N)-c2c(nn(C)c2C#N)Cc2ncnc(=O)n2-c2ccc(F)cc21. The molecule has 3 aromatic heterocycles. The maximum atomic E-state index is 14.2. The number of benzene rings is 1. The van der Waals surface area contributed by atoms with Crippen molar-refractivity contribution < 1.29 is 9.13 Å². The molecule has 1 aromatic carbocycles. The number of hydrogen-bond donors (Lipinski definition) is 1. The summed E-state index contributed by atoms with van der Waals surface area (Å²) in [5.74, 6) is -0.193. The van der Waals surface area contributed by atoms with E-state index >= 15 is 0 Å². The van der Waals surface area contributed by atoms with Crippen LogP contribution in [0.1, 0.15) is 35.8 Å². The zero-order valence-corrected chi connectivity index (χ0v) is 17.5. The van der Waals surface area contributed by atoms with Crippen LogP contribution in [0.5, 0.6) is 5.88 Å². The van der Waals surface area contributed by atoms with Crippen LogP contribution in [0.4, 0.5) is 10.2 Å². The van der Waals surface area contributed by atoms with E-state index in [4.69, 9.17) is 10.5 Å². The lowest BCUT2D eigenvalue weighted by atomic mass is 10.1. The van der Waals surface area contributed by atoms with Crippen LogP contribution in [0.15, 0.2) is 35.5 Å². The lowest BCUT2D eigenvalue weighted by Crippen LogP contribution is -2.28. The Bertz CT molecular complexity index is 1520. The predicted octanol–water partition coefficient (Wildman–Crippen LogP) is 1.46. The van der Waals surface area contributed by atoms with Gasteiger partial charge in [0, 0.05) is 12.6 Å². The normalized spacial score (nSPS) is 14.5. The predicted molar refractivity (Wildman–Crippen MR) is 113 cm³/mol. The molecule has 0 radical (unpaired) electrons. The number of aromatic nitrogens is 7. The molecule has 4 aromatic rings. The van der Waals surface area contributed by atoms with Crippen LogP contribution in [0.2, 0.25) is 0 Å². The lowest BCUT2D eigenvalue weighted by Gasteiger charge is -2.21. The Morgan fingerprint density at radius 1 is 1.30 bits per heavy atom. The zero-order valence-electron chi connectivity index (χ0n) is 17.5. The van der Waals surface area contributed by atoms with Crippen LogP contribution in [0.3, 0.4) is 0 Å². The van der Waals surface area contributed by atoms with Crippen molar-refractivity contribution in [3.63, 3.8) is 0 Å². The summed E-state index contributed by atoms with van der Waals surface area (Å²) in [6.45, 7) is 1.67.